The van der Waals surface area contributed by atoms with Crippen LogP contribution >= 0.6 is 15.9 Å². The maximum absolute atomic E-state index is 11.8. The minimum atomic E-state index is -0.350. The summed E-state index contributed by atoms with van der Waals surface area (Å²) < 4.78 is 11.9. The van der Waals surface area contributed by atoms with Crippen LogP contribution in [0.15, 0.2) is 41.0 Å². The highest BCUT2D eigenvalue weighted by Crippen LogP contribution is 2.26. The number of rotatable bonds is 9. The van der Waals surface area contributed by atoms with Crippen LogP contribution < -0.4 is 9.64 Å². The van der Waals surface area contributed by atoms with Gasteiger partial charge in [0.2, 0.25) is 0 Å². The number of carbonyl (C=O) groups excluding carboxylic acids is 1. The molecule has 0 aliphatic rings. The lowest BCUT2D eigenvalue weighted by molar-refractivity contribution is 0.0526. The molecule has 0 fully saturated rings. The van der Waals surface area contributed by atoms with Crippen molar-refractivity contribution in [3.05, 3.63) is 52.1 Å². The molecule has 26 heavy (non-hydrogen) atoms. The predicted molar refractivity (Wildman–Crippen MR) is 107 cm³/mol. The van der Waals surface area contributed by atoms with E-state index in [0.29, 0.717) is 25.3 Å². The molecule has 1 heterocycles. The van der Waals surface area contributed by atoms with E-state index in [4.69, 9.17) is 9.47 Å². The molecular formula is C20H25BrN2O3. The van der Waals surface area contributed by atoms with Gasteiger partial charge < -0.3 is 14.4 Å². The topological polar surface area (TPSA) is 51.7 Å². The molecule has 0 amide bonds. The normalized spacial score (nSPS) is 10.5. The quantitative estimate of drug-likeness (QED) is 0.543. The van der Waals surface area contributed by atoms with E-state index in [9.17, 15) is 4.79 Å². The maximum atomic E-state index is 11.8. The summed E-state index contributed by atoms with van der Waals surface area (Å²) in [6.45, 7) is 8.44. The fourth-order valence-electron chi connectivity index (χ4n) is 2.49. The Bertz CT molecular complexity index is 719. The number of esters is 1. The highest BCUT2D eigenvalue weighted by atomic mass is 79.9. The van der Waals surface area contributed by atoms with Gasteiger partial charge in [-0.15, -0.1) is 0 Å². The van der Waals surface area contributed by atoms with Gasteiger partial charge in [-0.1, -0.05) is 22.9 Å². The standard InChI is InChI=1S/C20H25BrN2O3/c1-4-11-26-18-9-8-17(21)12-16(18)14-23(5-2)19-10-7-15(13-22-19)20(24)25-6-3/h7-10,12-13H,4-6,11,14H2,1-3H3. The number of halogens is 1. The molecule has 0 radical (unpaired) electrons. The van der Waals surface area contributed by atoms with E-state index in [1.165, 1.54) is 0 Å². The number of hydrogen-bond acceptors (Lipinski definition) is 5. The second-order valence-electron chi connectivity index (χ2n) is 5.74. The van der Waals surface area contributed by atoms with E-state index < -0.39 is 0 Å². The first-order valence-corrected chi connectivity index (χ1v) is 9.67. The minimum Gasteiger partial charge on any atom is -0.493 e. The van der Waals surface area contributed by atoms with Crippen LogP contribution in [0.3, 0.4) is 0 Å². The number of nitrogens with zero attached hydrogens (tertiary/aromatic N) is 2. The Morgan fingerprint density at radius 1 is 1.19 bits per heavy atom. The molecule has 0 atom stereocenters. The molecule has 0 saturated carbocycles. The molecule has 6 heteroatoms. The van der Waals surface area contributed by atoms with E-state index in [1.807, 2.05) is 18.2 Å². The molecule has 0 spiro atoms. The summed E-state index contributed by atoms with van der Waals surface area (Å²) in [6, 6.07) is 9.64. The predicted octanol–water partition coefficient (Wildman–Crippen LogP) is 4.84. The Labute approximate surface area is 163 Å². The van der Waals surface area contributed by atoms with Gasteiger partial charge in [0.05, 0.1) is 18.8 Å². The molecule has 0 N–H and O–H groups in total. The monoisotopic (exact) mass is 420 g/mol. The van der Waals surface area contributed by atoms with Gasteiger partial charge in [-0.25, -0.2) is 9.78 Å². The van der Waals surface area contributed by atoms with Crippen molar-refractivity contribution in [3.8, 4) is 5.75 Å². The molecule has 2 rings (SSSR count). The number of benzene rings is 1. The third kappa shape index (κ3) is 5.46. The van der Waals surface area contributed by atoms with Gasteiger partial charge in [-0.2, -0.15) is 0 Å². The zero-order valence-corrected chi connectivity index (χ0v) is 17.1. The number of carbonyl (C=O) groups is 1. The highest BCUT2D eigenvalue weighted by Gasteiger charge is 2.13. The number of anilines is 1. The first kappa shape index (κ1) is 20.2. The van der Waals surface area contributed by atoms with Gasteiger partial charge in [0.15, 0.2) is 0 Å². The molecule has 140 valence electrons. The largest absolute Gasteiger partial charge is 0.493 e. The Morgan fingerprint density at radius 3 is 2.62 bits per heavy atom. The Hall–Kier alpha value is -2.08. The van der Waals surface area contributed by atoms with Crippen LogP contribution in [0.2, 0.25) is 0 Å². The van der Waals surface area contributed by atoms with E-state index in [-0.39, 0.29) is 5.97 Å². The fraction of sp³-hybridized carbons (Fsp3) is 0.400. The Balaban J connectivity index is 2.19. The molecule has 5 nitrogen and oxygen atoms in total. The lowest BCUT2D eigenvalue weighted by Gasteiger charge is -2.23. The molecular weight excluding hydrogens is 396 g/mol. The van der Waals surface area contributed by atoms with E-state index in [0.717, 1.165) is 34.6 Å². The van der Waals surface area contributed by atoms with Gasteiger partial charge in [-0.3, -0.25) is 0 Å². The summed E-state index contributed by atoms with van der Waals surface area (Å²) >= 11 is 3.53. The van der Waals surface area contributed by atoms with Gasteiger partial charge in [0.1, 0.15) is 11.6 Å². The molecule has 0 aliphatic heterocycles. The van der Waals surface area contributed by atoms with Crippen LogP contribution in [0.5, 0.6) is 5.75 Å². The van der Waals surface area contributed by atoms with Crippen molar-refractivity contribution in [2.45, 2.75) is 33.7 Å². The first-order chi connectivity index (χ1) is 12.6. The van der Waals surface area contributed by atoms with Crippen molar-refractivity contribution >= 4 is 27.7 Å². The van der Waals surface area contributed by atoms with Crippen LogP contribution in [0, 0.1) is 0 Å². The molecule has 2 aromatic rings. The summed E-state index contributed by atoms with van der Waals surface area (Å²) in [5.74, 6) is 1.34. The van der Waals surface area contributed by atoms with Crippen LogP contribution in [-0.4, -0.2) is 30.7 Å². The number of aromatic nitrogens is 1. The van der Waals surface area contributed by atoms with Gasteiger partial charge in [0, 0.05) is 29.3 Å². The second kappa shape index (κ2) is 10.2. The first-order valence-electron chi connectivity index (χ1n) is 8.88. The lowest BCUT2D eigenvalue weighted by atomic mass is 10.2. The fourth-order valence-corrected chi connectivity index (χ4v) is 2.90. The van der Waals surface area contributed by atoms with E-state index in [2.05, 4.69) is 45.7 Å². The summed E-state index contributed by atoms with van der Waals surface area (Å²) in [4.78, 5) is 18.3. The lowest BCUT2D eigenvalue weighted by Crippen LogP contribution is -2.23. The Kier molecular flexibility index (Phi) is 7.91. The van der Waals surface area contributed by atoms with E-state index >= 15 is 0 Å². The van der Waals surface area contributed by atoms with Crippen LogP contribution in [0.4, 0.5) is 5.82 Å². The maximum Gasteiger partial charge on any atom is 0.339 e. The molecule has 0 unspecified atom stereocenters. The van der Waals surface area contributed by atoms with Crippen molar-refractivity contribution in [3.63, 3.8) is 0 Å². The average Bonchev–Trinajstić information content (AvgIpc) is 2.65. The van der Waals surface area contributed by atoms with Crippen molar-refractivity contribution in [2.75, 3.05) is 24.7 Å². The van der Waals surface area contributed by atoms with Crippen LogP contribution in [0.25, 0.3) is 0 Å². The van der Waals surface area contributed by atoms with Crippen molar-refractivity contribution < 1.29 is 14.3 Å². The zero-order chi connectivity index (χ0) is 18.9. The number of hydrogen-bond donors (Lipinski definition) is 0. The summed E-state index contributed by atoms with van der Waals surface area (Å²) in [7, 11) is 0. The van der Waals surface area contributed by atoms with Crippen molar-refractivity contribution in [1.29, 1.82) is 0 Å². The Morgan fingerprint density at radius 2 is 2.00 bits per heavy atom. The van der Waals surface area contributed by atoms with E-state index in [1.54, 1.807) is 19.2 Å². The highest BCUT2D eigenvalue weighted by molar-refractivity contribution is 9.10. The number of pyridine rings is 1. The van der Waals surface area contributed by atoms with Crippen LogP contribution in [-0.2, 0) is 11.3 Å². The number of ether oxygens (including phenoxy) is 2. The minimum absolute atomic E-state index is 0.350. The van der Waals surface area contributed by atoms with Gasteiger partial charge >= 0.3 is 5.97 Å². The second-order valence-corrected chi connectivity index (χ2v) is 6.66. The zero-order valence-electron chi connectivity index (χ0n) is 15.5. The smallest absolute Gasteiger partial charge is 0.339 e. The summed E-state index contributed by atoms with van der Waals surface area (Å²) in [5, 5.41) is 0. The molecule has 0 bridgehead atoms. The average molecular weight is 421 g/mol. The molecule has 0 aliphatic carbocycles. The summed E-state index contributed by atoms with van der Waals surface area (Å²) in [6.07, 6.45) is 2.52. The van der Waals surface area contributed by atoms with Crippen molar-refractivity contribution in [1.82, 2.24) is 4.98 Å². The SMILES string of the molecule is CCCOc1ccc(Br)cc1CN(CC)c1ccc(C(=O)OCC)cn1. The molecule has 0 saturated heterocycles. The third-order valence-corrected chi connectivity index (χ3v) is 4.30. The van der Waals surface area contributed by atoms with Crippen LogP contribution in [0.1, 0.15) is 43.1 Å². The van der Waals surface area contributed by atoms with Gasteiger partial charge in [0.25, 0.3) is 0 Å². The van der Waals surface area contributed by atoms with Gasteiger partial charge in [-0.05, 0) is 50.6 Å². The molecule has 1 aromatic heterocycles. The van der Waals surface area contributed by atoms with Crippen molar-refractivity contribution in [2.24, 2.45) is 0 Å². The molecule has 1 aromatic carbocycles. The summed E-state index contributed by atoms with van der Waals surface area (Å²) in [5.41, 5.74) is 1.55. The third-order valence-electron chi connectivity index (χ3n) is 3.81.